The molecule has 0 aromatic carbocycles. The Morgan fingerprint density at radius 1 is 1.23 bits per heavy atom. The summed E-state index contributed by atoms with van der Waals surface area (Å²) in [4.78, 5) is 0. The third-order valence-corrected chi connectivity index (χ3v) is 2.40. The van der Waals surface area contributed by atoms with Crippen molar-refractivity contribution in [2.24, 2.45) is 5.41 Å². The van der Waals surface area contributed by atoms with E-state index in [9.17, 15) is 0 Å². The maximum atomic E-state index is 5.06. The molecular weight excluding hydrogens is 166 g/mol. The van der Waals surface area contributed by atoms with Crippen LogP contribution in [0, 0.1) is 5.41 Å². The standard InChI is InChI=1S/C10H23NO2/c1-6-10(2,3)8-11-7-9(12-4)13-5/h9,11H,6-8H2,1-5H3. The molecule has 0 aliphatic rings. The second-order valence-electron chi connectivity index (χ2n) is 4.05. The predicted molar refractivity (Wildman–Crippen MR) is 54.7 cm³/mol. The van der Waals surface area contributed by atoms with Crippen molar-refractivity contribution in [3.05, 3.63) is 0 Å². The van der Waals surface area contributed by atoms with E-state index < -0.39 is 0 Å². The number of methoxy groups -OCH3 is 2. The van der Waals surface area contributed by atoms with E-state index in [0.29, 0.717) is 5.41 Å². The predicted octanol–water partition coefficient (Wildman–Crippen LogP) is 1.63. The lowest BCUT2D eigenvalue weighted by molar-refractivity contribution is -0.0993. The molecule has 0 aliphatic carbocycles. The van der Waals surface area contributed by atoms with Crippen LogP contribution in [0.5, 0.6) is 0 Å². The minimum absolute atomic E-state index is 0.132. The van der Waals surface area contributed by atoms with E-state index in [1.165, 1.54) is 6.42 Å². The minimum atomic E-state index is -0.132. The fraction of sp³-hybridized carbons (Fsp3) is 1.00. The molecule has 0 heterocycles. The third kappa shape index (κ3) is 6.02. The lowest BCUT2D eigenvalue weighted by Gasteiger charge is -2.24. The van der Waals surface area contributed by atoms with Gasteiger partial charge in [-0.25, -0.2) is 0 Å². The molecule has 0 fully saturated rings. The molecule has 0 radical (unpaired) electrons. The van der Waals surface area contributed by atoms with Gasteiger partial charge < -0.3 is 14.8 Å². The molecule has 1 N–H and O–H groups in total. The summed E-state index contributed by atoms with van der Waals surface area (Å²) in [5, 5.41) is 3.33. The smallest absolute Gasteiger partial charge is 0.169 e. The molecule has 13 heavy (non-hydrogen) atoms. The van der Waals surface area contributed by atoms with Crippen molar-refractivity contribution in [1.29, 1.82) is 0 Å². The average Bonchev–Trinajstić information content (AvgIpc) is 2.12. The third-order valence-electron chi connectivity index (χ3n) is 2.40. The van der Waals surface area contributed by atoms with Crippen molar-refractivity contribution in [3.8, 4) is 0 Å². The maximum Gasteiger partial charge on any atom is 0.169 e. The zero-order chi connectivity index (χ0) is 10.3. The quantitative estimate of drug-likeness (QED) is 0.617. The van der Waals surface area contributed by atoms with Gasteiger partial charge in [0.25, 0.3) is 0 Å². The van der Waals surface area contributed by atoms with E-state index >= 15 is 0 Å². The second kappa shape index (κ2) is 6.35. The highest BCUT2D eigenvalue weighted by Gasteiger charge is 2.15. The maximum absolute atomic E-state index is 5.06. The van der Waals surface area contributed by atoms with Crippen LogP contribution in [0.25, 0.3) is 0 Å². The van der Waals surface area contributed by atoms with Gasteiger partial charge >= 0.3 is 0 Å². The zero-order valence-corrected chi connectivity index (χ0v) is 9.52. The van der Waals surface area contributed by atoms with Crippen LogP contribution in [0.2, 0.25) is 0 Å². The fourth-order valence-corrected chi connectivity index (χ4v) is 0.916. The van der Waals surface area contributed by atoms with Crippen molar-refractivity contribution in [3.63, 3.8) is 0 Å². The average molecular weight is 189 g/mol. The van der Waals surface area contributed by atoms with Gasteiger partial charge in [0, 0.05) is 27.3 Å². The molecule has 0 bridgehead atoms. The summed E-state index contributed by atoms with van der Waals surface area (Å²) >= 11 is 0. The van der Waals surface area contributed by atoms with Gasteiger partial charge in [-0.1, -0.05) is 20.8 Å². The van der Waals surface area contributed by atoms with E-state index in [2.05, 4.69) is 26.1 Å². The zero-order valence-electron chi connectivity index (χ0n) is 9.52. The Hall–Kier alpha value is -0.120. The molecule has 0 saturated carbocycles. The number of ether oxygens (including phenoxy) is 2. The van der Waals surface area contributed by atoms with Gasteiger partial charge in [0.15, 0.2) is 6.29 Å². The number of hydrogen-bond acceptors (Lipinski definition) is 3. The van der Waals surface area contributed by atoms with Crippen LogP contribution >= 0.6 is 0 Å². The van der Waals surface area contributed by atoms with Crippen molar-refractivity contribution in [2.75, 3.05) is 27.3 Å². The molecule has 3 nitrogen and oxygen atoms in total. The first kappa shape index (κ1) is 12.9. The Morgan fingerprint density at radius 3 is 2.15 bits per heavy atom. The molecular formula is C10H23NO2. The lowest BCUT2D eigenvalue weighted by Crippen LogP contribution is -2.35. The van der Waals surface area contributed by atoms with Crippen LogP contribution in [0.15, 0.2) is 0 Å². The van der Waals surface area contributed by atoms with Crippen molar-refractivity contribution in [2.45, 2.75) is 33.5 Å². The summed E-state index contributed by atoms with van der Waals surface area (Å²) in [6.07, 6.45) is 1.04. The van der Waals surface area contributed by atoms with Gasteiger partial charge in [0.1, 0.15) is 0 Å². The van der Waals surface area contributed by atoms with Crippen LogP contribution in [0.4, 0.5) is 0 Å². The summed E-state index contributed by atoms with van der Waals surface area (Å²) in [6.45, 7) is 8.43. The molecule has 0 rings (SSSR count). The number of rotatable bonds is 7. The van der Waals surface area contributed by atoms with Gasteiger partial charge in [-0.3, -0.25) is 0 Å². The molecule has 0 aliphatic heterocycles. The summed E-state index contributed by atoms with van der Waals surface area (Å²) in [5.41, 5.74) is 0.353. The Kier molecular flexibility index (Phi) is 6.29. The molecule has 0 aromatic heterocycles. The first-order valence-corrected chi connectivity index (χ1v) is 4.82. The molecule has 0 unspecified atom stereocenters. The van der Waals surface area contributed by atoms with Gasteiger partial charge in [-0.15, -0.1) is 0 Å². The Labute approximate surface area is 81.8 Å². The molecule has 3 heteroatoms. The first-order valence-electron chi connectivity index (χ1n) is 4.82. The first-order chi connectivity index (χ1) is 6.05. The Morgan fingerprint density at radius 2 is 1.77 bits per heavy atom. The highest BCUT2D eigenvalue weighted by molar-refractivity contribution is 4.69. The topological polar surface area (TPSA) is 30.5 Å². The minimum Gasteiger partial charge on any atom is -0.355 e. The molecule has 0 amide bonds. The highest BCUT2D eigenvalue weighted by Crippen LogP contribution is 2.17. The van der Waals surface area contributed by atoms with Crippen LogP contribution in [-0.4, -0.2) is 33.6 Å². The van der Waals surface area contributed by atoms with Crippen molar-refractivity contribution in [1.82, 2.24) is 5.32 Å². The molecule has 0 atom stereocenters. The lowest BCUT2D eigenvalue weighted by atomic mass is 9.90. The van der Waals surface area contributed by atoms with E-state index in [1.807, 2.05) is 0 Å². The highest BCUT2D eigenvalue weighted by atomic mass is 16.7. The van der Waals surface area contributed by atoms with E-state index in [1.54, 1.807) is 14.2 Å². The molecule has 0 aromatic rings. The van der Waals surface area contributed by atoms with Crippen LogP contribution in [0.1, 0.15) is 27.2 Å². The van der Waals surface area contributed by atoms with E-state index in [-0.39, 0.29) is 6.29 Å². The van der Waals surface area contributed by atoms with Gasteiger partial charge in [-0.2, -0.15) is 0 Å². The van der Waals surface area contributed by atoms with Gasteiger partial charge in [-0.05, 0) is 11.8 Å². The van der Waals surface area contributed by atoms with Crippen LogP contribution in [0.3, 0.4) is 0 Å². The van der Waals surface area contributed by atoms with Crippen molar-refractivity contribution < 1.29 is 9.47 Å². The van der Waals surface area contributed by atoms with Crippen molar-refractivity contribution >= 4 is 0 Å². The SMILES string of the molecule is CCC(C)(C)CNCC(OC)OC. The van der Waals surface area contributed by atoms with Gasteiger partial charge in [0.2, 0.25) is 0 Å². The molecule has 0 spiro atoms. The van der Waals surface area contributed by atoms with Gasteiger partial charge in [0.05, 0.1) is 0 Å². The monoisotopic (exact) mass is 189 g/mol. The normalized spacial score (nSPS) is 12.5. The Balaban J connectivity index is 3.54. The summed E-state index contributed by atoms with van der Waals surface area (Å²) < 4.78 is 10.1. The summed E-state index contributed by atoms with van der Waals surface area (Å²) in [7, 11) is 3.31. The number of hydrogen-bond donors (Lipinski definition) is 1. The van der Waals surface area contributed by atoms with E-state index in [4.69, 9.17) is 9.47 Å². The van der Waals surface area contributed by atoms with E-state index in [0.717, 1.165) is 13.1 Å². The fourth-order valence-electron chi connectivity index (χ4n) is 0.916. The summed E-state index contributed by atoms with van der Waals surface area (Å²) in [6, 6.07) is 0. The Bertz CT molecular complexity index is 122. The van der Waals surface area contributed by atoms with Crippen LogP contribution in [-0.2, 0) is 9.47 Å². The number of nitrogens with one attached hydrogen (secondary N) is 1. The summed E-state index contributed by atoms with van der Waals surface area (Å²) in [5.74, 6) is 0. The molecule has 0 saturated heterocycles. The molecule has 80 valence electrons. The van der Waals surface area contributed by atoms with Crippen LogP contribution < -0.4 is 5.32 Å². The second-order valence-corrected chi connectivity index (χ2v) is 4.05. The largest absolute Gasteiger partial charge is 0.355 e.